The summed E-state index contributed by atoms with van der Waals surface area (Å²) in [6, 6.07) is 8.47. The van der Waals surface area contributed by atoms with Crippen LogP contribution >= 0.6 is 34.2 Å². The van der Waals surface area contributed by atoms with Gasteiger partial charge in [-0.3, -0.25) is 0 Å². The molecule has 16 heavy (non-hydrogen) atoms. The molecule has 0 N–H and O–H groups in total. The van der Waals surface area contributed by atoms with Gasteiger partial charge in [0.25, 0.3) is 0 Å². The van der Waals surface area contributed by atoms with Crippen molar-refractivity contribution in [1.29, 1.82) is 0 Å². The molecule has 0 nitrogen and oxygen atoms in total. The van der Waals surface area contributed by atoms with E-state index in [0.29, 0.717) is 0 Å². The van der Waals surface area contributed by atoms with E-state index < -0.39 is 0 Å². The smallest absolute Gasteiger partial charge is 0.0219 e. The van der Waals surface area contributed by atoms with Crippen molar-refractivity contribution in [3.05, 3.63) is 38.4 Å². The molecule has 1 rings (SSSR count). The summed E-state index contributed by atoms with van der Waals surface area (Å²) in [6.07, 6.45) is 4.30. The molecule has 1 aromatic carbocycles. The normalized spacial score (nSPS) is 12.5. The van der Waals surface area contributed by atoms with Crippen LogP contribution in [0.15, 0.2) is 29.3 Å². The van der Waals surface area contributed by atoms with Crippen molar-refractivity contribution in [2.45, 2.75) is 39.5 Å². The Kier molecular flexibility index (Phi) is 6.44. The zero-order valence-corrected chi connectivity index (χ0v) is 12.8. The molecule has 0 aliphatic rings. The summed E-state index contributed by atoms with van der Waals surface area (Å²) in [5, 5.41) is 1.04. The monoisotopic (exact) mass is 348 g/mol. The van der Waals surface area contributed by atoms with Gasteiger partial charge in [-0.25, -0.2) is 0 Å². The molecule has 0 saturated heterocycles. The first-order valence-corrected chi connectivity index (χ1v) is 7.28. The van der Waals surface area contributed by atoms with Crippen LogP contribution in [0.4, 0.5) is 0 Å². The fourth-order valence-corrected chi connectivity index (χ4v) is 2.84. The Morgan fingerprint density at radius 1 is 1.12 bits per heavy atom. The van der Waals surface area contributed by atoms with Crippen LogP contribution in [0, 0.1) is 3.57 Å². The second kappa shape index (κ2) is 7.33. The summed E-state index contributed by atoms with van der Waals surface area (Å²) in [6.45, 7) is 4.37. The maximum atomic E-state index is 6.41. The van der Waals surface area contributed by atoms with Crippen molar-refractivity contribution in [1.82, 2.24) is 0 Å². The van der Waals surface area contributed by atoms with Gasteiger partial charge in [-0.15, -0.1) is 0 Å². The lowest BCUT2D eigenvalue weighted by molar-refractivity contribution is 0.921. The zero-order chi connectivity index (χ0) is 12.0. The van der Waals surface area contributed by atoms with Crippen LogP contribution in [0.2, 0.25) is 0 Å². The Bertz CT molecular complexity index is 369. The van der Waals surface area contributed by atoms with E-state index in [0.717, 1.165) is 30.7 Å². The third kappa shape index (κ3) is 3.77. The van der Waals surface area contributed by atoms with Crippen molar-refractivity contribution in [3.8, 4) is 0 Å². The van der Waals surface area contributed by atoms with E-state index in [-0.39, 0.29) is 0 Å². The van der Waals surface area contributed by atoms with E-state index >= 15 is 0 Å². The molecule has 0 aliphatic carbocycles. The quantitative estimate of drug-likeness (QED) is 0.586. The van der Waals surface area contributed by atoms with E-state index in [9.17, 15) is 0 Å². The minimum atomic E-state index is 0.988. The van der Waals surface area contributed by atoms with E-state index in [4.69, 9.17) is 11.6 Å². The van der Waals surface area contributed by atoms with Gasteiger partial charge in [-0.1, -0.05) is 56.5 Å². The lowest BCUT2D eigenvalue weighted by atomic mass is 10.00. The third-order valence-corrected chi connectivity index (χ3v) is 3.85. The summed E-state index contributed by atoms with van der Waals surface area (Å²) >= 11 is 8.79. The number of allylic oxidation sites excluding steroid dienone is 2. The minimum absolute atomic E-state index is 0.988. The van der Waals surface area contributed by atoms with Gasteiger partial charge in [0.2, 0.25) is 0 Å². The molecular formula is C14H18ClI. The fourth-order valence-electron chi connectivity index (χ4n) is 1.74. The van der Waals surface area contributed by atoms with Crippen LogP contribution in [0.3, 0.4) is 0 Å². The highest BCUT2D eigenvalue weighted by Crippen LogP contribution is 2.31. The number of hydrogen-bond donors (Lipinski definition) is 0. The molecule has 88 valence electrons. The van der Waals surface area contributed by atoms with Crippen molar-refractivity contribution in [2.75, 3.05) is 0 Å². The summed E-state index contributed by atoms with van der Waals surface area (Å²) in [4.78, 5) is 0. The Morgan fingerprint density at radius 3 is 2.31 bits per heavy atom. The first-order chi connectivity index (χ1) is 7.70. The standard InChI is InChI=1S/C14H18ClI/c1-3-7-11(13(15)8-4-2)12-9-5-6-10-14(12)16/h5-6,9-10H,3-4,7-8H2,1-2H3/b13-11-. The van der Waals surface area contributed by atoms with Gasteiger partial charge in [0.15, 0.2) is 0 Å². The van der Waals surface area contributed by atoms with Gasteiger partial charge in [-0.05, 0) is 52.6 Å². The largest absolute Gasteiger partial charge is 0.0888 e. The molecule has 0 saturated carbocycles. The summed E-state index contributed by atoms with van der Waals surface area (Å²) in [5.41, 5.74) is 2.64. The highest BCUT2D eigenvalue weighted by Gasteiger charge is 2.09. The molecule has 0 aromatic heterocycles. The molecule has 0 unspecified atom stereocenters. The Balaban J connectivity index is 3.12. The number of hydrogen-bond acceptors (Lipinski definition) is 0. The van der Waals surface area contributed by atoms with Crippen LogP contribution in [0.25, 0.3) is 5.57 Å². The molecule has 0 amide bonds. The Hall–Kier alpha value is -0.0200. The summed E-state index contributed by atoms with van der Waals surface area (Å²) in [5.74, 6) is 0. The SMILES string of the molecule is CCC/C(Cl)=C(\CCC)c1ccccc1I. The second-order valence-corrected chi connectivity index (χ2v) is 5.48. The third-order valence-electron chi connectivity index (χ3n) is 2.50. The number of halogens is 2. The van der Waals surface area contributed by atoms with E-state index in [2.05, 4.69) is 60.7 Å². The molecule has 0 radical (unpaired) electrons. The average Bonchev–Trinajstić information content (AvgIpc) is 2.27. The average molecular weight is 349 g/mol. The Morgan fingerprint density at radius 2 is 1.75 bits per heavy atom. The van der Waals surface area contributed by atoms with Crippen molar-refractivity contribution < 1.29 is 0 Å². The summed E-state index contributed by atoms with van der Waals surface area (Å²) in [7, 11) is 0. The van der Waals surface area contributed by atoms with Crippen LogP contribution in [0.5, 0.6) is 0 Å². The lowest BCUT2D eigenvalue weighted by Crippen LogP contribution is -1.91. The predicted molar refractivity (Wildman–Crippen MR) is 81.7 cm³/mol. The minimum Gasteiger partial charge on any atom is -0.0888 e. The first kappa shape index (κ1) is 14.0. The molecule has 0 spiro atoms. The Labute approximate surface area is 117 Å². The first-order valence-electron chi connectivity index (χ1n) is 5.83. The molecule has 1 aromatic rings. The molecule has 0 bridgehead atoms. The molecule has 0 aliphatic heterocycles. The topological polar surface area (TPSA) is 0 Å². The van der Waals surface area contributed by atoms with Crippen molar-refractivity contribution in [3.63, 3.8) is 0 Å². The van der Waals surface area contributed by atoms with Crippen LogP contribution < -0.4 is 0 Å². The molecular weight excluding hydrogens is 331 g/mol. The van der Waals surface area contributed by atoms with Crippen LogP contribution in [-0.4, -0.2) is 0 Å². The number of rotatable bonds is 5. The van der Waals surface area contributed by atoms with Gasteiger partial charge in [0.1, 0.15) is 0 Å². The molecule has 2 heteroatoms. The van der Waals surface area contributed by atoms with Gasteiger partial charge >= 0.3 is 0 Å². The summed E-state index contributed by atoms with van der Waals surface area (Å²) < 4.78 is 1.29. The maximum absolute atomic E-state index is 6.41. The number of benzene rings is 1. The van der Waals surface area contributed by atoms with E-state index in [1.807, 2.05) is 0 Å². The van der Waals surface area contributed by atoms with Gasteiger partial charge in [0, 0.05) is 8.60 Å². The van der Waals surface area contributed by atoms with Gasteiger partial charge < -0.3 is 0 Å². The molecule has 0 heterocycles. The van der Waals surface area contributed by atoms with E-state index in [1.165, 1.54) is 14.7 Å². The lowest BCUT2D eigenvalue weighted by Gasteiger charge is -2.12. The fraction of sp³-hybridized carbons (Fsp3) is 0.429. The maximum Gasteiger partial charge on any atom is 0.0219 e. The predicted octanol–water partition coefficient (Wildman–Crippen LogP) is 5.84. The van der Waals surface area contributed by atoms with Gasteiger partial charge in [-0.2, -0.15) is 0 Å². The van der Waals surface area contributed by atoms with Crippen molar-refractivity contribution in [2.24, 2.45) is 0 Å². The highest BCUT2D eigenvalue weighted by molar-refractivity contribution is 14.1. The van der Waals surface area contributed by atoms with Crippen molar-refractivity contribution >= 4 is 39.8 Å². The highest BCUT2D eigenvalue weighted by atomic mass is 127. The second-order valence-electron chi connectivity index (χ2n) is 3.86. The van der Waals surface area contributed by atoms with Crippen LogP contribution in [0.1, 0.15) is 45.1 Å². The molecule has 0 atom stereocenters. The zero-order valence-electron chi connectivity index (χ0n) is 9.89. The van der Waals surface area contributed by atoms with Crippen LogP contribution in [-0.2, 0) is 0 Å². The van der Waals surface area contributed by atoms with Gasteiger partial charge in [0.05, 0.1) is 0 Å². The molecule has 0 fully saturated rings. The van der Waals surface area contributed by atoms with E-state index in [1.54, 1.807) is 0 Å².